The number of hydrogen-bond acceptors (Lipinski definition) is 7. The Balaban J connectivity index is 1.70. The fourth-order valence-electron chi connectivity index (χ4n) is 2.29. The molecule has 0 radical (unpaired) electrons. The second-order valence-corrected chi connectivity index (χ2v) is 7.79. The molecule has 0 aliphatic carbocycles. The number of hydrogen-bond donors (Lipinski definition) is 1. The monoisotopic (exact) mass is 394 g/mol. The van der Waals surface area contributed by atoms with Crippen LogP contribution in [-0.2, 0) is 13.1 Å². The van der Waals surface area contributed by atoms with E-state index in [2.05, 4.69) is 19.9 Å². The summed E-state index contributed by atoms with van der Waals surface area (Å²) < 4.78 is 8.91. The second-order valence-electron chi connectivity index (χ2n) is 5.14. The normalized spacial score (nSPS) is 11.0. The summed E-state index contributed by atoms with van der Waals surface area (Å²) in [5, 5.41) is 12.2. The van der Waals surface area contributed by atoms with Crippen LogP contribution in [0.4, 0.5) is 5.69 Å². The Kier molecular flexibility index (Phi) is 5.82. The van der Waals surface area contributed by atoms with E-state index in [0.717, 1.165) is 21.3 Å². The first-order valence-electron chi connectivity index (χ1n) is 7.57. The number of rotatable bonds is 7. The third-order valence-corrected chi connectivity index (χ3v) is 6.22. The Morgan fingerprint density at radius 3 is 2.68 bits per heavy atom. The van der Waals surface area contributed by atoms with Gasteiger partial charge in [-0.2, -0.15) is 14.6 Å². The van der Waals surface area contributed by atoms with Crippen LogP contribution < -0.4 is 5.32 Å². The zero-order chi connectivity index (χ0) is 17.8. The van der Waals surface area contributed by atoms with E-state index in [1.807, 2.05) is 42.7 Å². The Bertz CT molecular complexity index is 847. The molecule has 1 N–H and O–H groups in total. The van der Waals surface area contributed by atoms with Gasteiger partial charge in [0.1, 0.15) is 5.03 Å². The van der Waals surface area contributed by atoms with Crippen LogP contribution in [0.3, 0.4) is 0 Å². The first-order valence-corrected chi connectivity index (χ1v) is 10.8. The lowest BCUT2D eigenvalue weighted by atomic mass is 10.3. The van der Waals surface area contributed by atoms with E-state index >= 15 is 0 Å². The first kappa shape index (κ1) is 18.0. The topological polar surface area (TPSA) is 77.6 Å². The van der Waals surface area contributed by atoms with Gasteiger partial charge in [-0.05, 0) is 31.0 Å². The maximum absolute atomic E-state index is 12.6. The maximum atomic E-state index is 12.6. The summed E-state index contributed by atoms with van der Waals surface area (Å²) >= 11 is 4.36. The number of anilines is 1. The molecule has 0 aliphatic heterocycles. The first-order chi connectivity index (χ1) is 12.1. The number of nitrogens with zero attached hydrogens (tertiary/aromatic N) is 5. The maximum Gasteiger partial charge on any atom is 0.260 e. The largest absolute Gasteiger partial charge is 0.319 e. The van der Waals surface area contributed by atoms with Crippen molar-refractivity contribution in [3.8, 4) is 0 Å². The predicted octanol–water partition coefficient (Wildman–Crippen LogP) is 3.30. The lowest BCUT2D eigenvalue weighted by Crippen LogP contribution is -2.12. The van der Waals surface area contributed by atoms with Crippen molar-refractivity contribution >= 4 is 46.7 Å². The fourth-order valence-corrected chi connectivity index (χ4v) is 4.57. The molecule has 0 atom stereocenters. The molecule has 25 heavy (non-hydrogen) atoms. The minimum Gasteiger partial charge on any atom is -0.319 e. The Labute approximate surface area is 158 Å². The molecule has 0 aliphatic rings. The molecule has 1 amide bonds. The van der Waals surface area contributed by atoms with E-state index in [9.17, 15) is 4.79 Å². The van der Waals surface area contributed by atoms with Crippen LogP contribution >= 0.6 is 35.1 Å². The van der Waals surface area contributed by atoms with Gasteiger partial charge in [0, 0.05) is 24.5 Å². The van der Waals surface area contributed by atoms with Crippen LogP contribution in [-0.4, -0.2) is 42.4 Å². The predicted molar refractivity (Wildman–Crippen MR) is 103 cm³/mol. The quantitative estimate of drug-likeness (QED) is 0.620. The van der Waals surface area contributed by atoms with Crippen molar-refractivity contribution in [1.29, 1.82) is 0 Å². The van der Waals surface area contributed by atoms with E-state index in [1.54, 1.807) is 10.9 Å². The van der Waals surface area contributed by atoms with Crippen molar-refractivity contribution in [3.05, 3.63) is 35.9 Å². The summed E-state index contributed by atoms with van der Waals surface area (Å²) in [4.78, 5) is 12.6. The van der Waals surface area contributed by atoms with Gasteiger partial charge in [-0.1, -0.05) is 0 Å². The Morgan fingerprint density at radius 1 is 1.20 bits per heavy atom. The summed E-state index contributed by atoms with van der Waals surface area (Å²) in [5.74, 6) is -0.152. The molecule has 3 heterocycles. The van der Waals surface area contributed by atoms with Crippen LogP contribution in [0, 0.1) is 0 Å². The molecule has 0 bridgehead atoms. The van der Waals surface area contributed by atoms with Crippen molar-refractivity contribution < 1.29 is 4.79 Å². The second kappa shape index (κ2) is 8.07. The van der Waals surface area contributed by atoms with Crippen LogP contribution in [0.15, 0.2) is 34.0 Å². The highest BCUT2D eigenvalue weighted by Crippen LogP contribution is 2.33. The lowest BCUT2D eigenvalue weighted by molar-refractivity contribution is 0.102. The van der Waals surface area contributed by atoms with E-state index in [-0.39, 0.29) is 5.91 Å². The zero-order valence-corrected chi connectivity index (χ0v) is 16.5. The zero-order valence-electron chi connectivity index (χ0n) is 14.1. The molecule has 0 unspecified atom stereocenters. The van der Waals surface area contributed by atoms with Gasteiger partial charge in [0.25, 0.3) is 5.91 Å². The van der Waals surface area contributed by atoms with Gasteiger partial charge < -0.3 is 5.32 Å². The molecule has 0 fully saturated rings. The minimum absolute atomic E-state index is 0.152. The smallest absolute Gasteiger partial charge is 0.260 e. The van der Waals surface area contributed by atoms with E-state index in [1.165, 1.54) is 35.1 Å². The van der Waals surface area contributed by atoms with Crippen LogP contribution in [0.5, 0.6) is 0 Å². The van der Waals surface area contributed by atoms with Crippen molar-refractivity contribution in [1.82, 2.24) is 23.9 Å². The third-order valence-electron chi connectivity index (χ3n) is 3.48. The highest BCUT2D eigenvalue weighted by molar-refractivity contribution is 8.01. The van der Waals surface area contributed by atoms with Crippen molar-refractivity contribution in [2.75, 3.05) is 17.8 Å². The molecule has 0 spiro atoms. The minimum atomic E-state index is -0.152. The van der Waals surface area contributed by atoms with Gasteiger partial charge >= 0.3 is 0 Å². The summed E-state index contributed by atoms with van der Waals surface area (Å²) in [6, 6.07) is 0. The van der Waals surface area contributed by atoms with Crippen molar-refractivity contribution in [3.63, 3.8) is 0 Å². The highest BCUT2D eigenvalue weighted by Gasteiger charge is 2.20. The van der Waals surface area contributed by atoms with E-state index in [4.69, 9.17) is 0 Å². The van der Waals surface area contributed by atoms with Gasteiger partial charge in [-0.3, -0.25) is 14.2 Å². The van der Waals surface area contributed by atoms with Gasteiger partial charge in [0.2, 0.25) is 0 Å². The molecule has 132 valence electrons. The van der Waals surface area contributed by atoms with Gasteiger partial charge in [0.05, 0.1) is 34.4 Å². The Morgan fingerprint density at radius 2 is 2.00 bits per heavy atom. The number of carbonyl (C=O) groups excluding carboxylic acids is 1. The molecular weight excluding hydrogens is 376 g/mol. The van der Waals surface area contributed by atoms with Gasteiger partial charge in [-0.15, -0.1) is 23.5 Å². The summed E-state index contributed by atoms with van der Waals surface area (Å²) in [5.41, 5.74) is 2.37. The van der Waals surface area contributed by atoms with Gasteiger partial charge in [0.15, 0.2) is 0 Å². The SMILES string of the molecule is CCn1cc(Cn2cc(NC(=O)c3c(SC)nsc3SC)cn2)cn1. The molecule has 3 aromatic heterocycles. The standard InChI is InChI=1S/C15H18N6OS3/c1-4-20-7-10(5-16-20)8-21-9-11(6-17-21)18-13(22)12-14(23-2)19-25-15(12)24-3/h5-7,9H,4,8H2,1-3H3,(H,18,22). The number of aryl methyl sites for hydroxylation is 1. The van der Waals surface area contributed by atoms with E-state index < -0.39 is 0 Å². The summed E-state index contributed by atoms with van der Waals surface area (Å²) in [7, 11) is 0. The van der Waals surface area contributed by atoms with E-state index in [0.29, 0.717) is 17.8 Å². The van der Waals surface area contributed by atoms with Crippen molar-refractivity contribution in [2.24, 2.45) is 0 Å². The Hall–Kier alpha value is -1.78. The molecule has 3 aromatic rings. The van der Waals surface area contributed by atoms with Crippen LogP contribution in [0.1, 0.15) is 22.8 Å². The third kappa shape index (κ3) is 4.07. The summed E-state index contributed by atoms with van der Waals surface area (Å²) in [6.07, 6.45) is 11.2. The number of thioether (sulfide) groups is 2. The van der Waals surface area contributed by atoms with Crippen LogP contribution in [0.2, 0.25) is 0 Å². The molecule has 0 aromatic carbocycles. The number of amides is 1. The molecular formula is C15H18N6OS3. The van der Waals surface area contributed by atoms with Crippen LogP contribution in [0.25, 0.3) is 0 Å². The average Bonchev–Trinajstić information content (AvgIpc) is 3.34. The number of nitrogens with one attached hydrogen (secondary N) is 1. The summed E-state index contributed by atoms with van der Waals surface area (Å²) in [6.45, 7) is 3.50. The van der Waals surface area contributed by atoms with Crippen molar-refractivity contribution in [2.45, 2.75) is 29.2 Å². The molecule has 0 saturated carbocycles. The number of carbonyl (C=O) groups is 1. The van der Waals surface area contributed by atoms with Gasteiger partial charge in [-0.25, -0.2) is 0 Å². The fraction of sp³-hybridized carbons (Fsp3) is 0.333. The average molecular weight is 395 g/mol. The lowest BCUT2D eigenvalue weighted by Gasteiger charge is -2.03. The molecule has 0 saturated heterocycles. The molecule has 3 rings (SSSR count). The molecule has 10 heteroatoms. The highest BCUT2D eigenvalue weighted by atomic mass is 32.2. The molecule has 7 nitrogen and oxygen atoms in total. The number of aromatic nitrogens is 5.